The zero-order valence-corrected chi connectivity index (χ0v) is 11.0. The van der Waals surface area contributed by atoms with E-state index in [1.54, 1.807) is 6.07 Å². The summed E-state index contributed by atoms with van der Waals surface area (Å²) >= 11 is 5.80. The molecule has 1 aromatic heterocycles. The molecule has 1 saturated carbocycles. The van der Waals surface area contributed by atoms with Crippen LogP contribution < -0.4 is 5.32 Å². The van der Waals surface area contributed by atoms with Crippen molar-refractivity contribution in [2.24, 2.45) is 16.7 Å². The standard InChI is InChI=1S/C12H18ClN3/c1-11(2)8(12(11,3)4)6-14-10-5-9(13)15-7-16-10/h5,7-8H,6H2,1-4H3,(H,14,15,16). The first kappa shape index (κ1) is 11.6. The van der Waals surface area contributed by atoms with E-state index in [0.717, 1.165) is 12.4 Å². The third-order valence-electron chi connectivity index (χ3n) is 4.44. The van der Waals surface area contributed by atoms with Gasteiger partial charge in [0.1, 0.15) is 17.3 Å². The summed E-state index contributed by atoms with van der Waals surface area (Å²) in [6, 6.07) is 1.75. The molecule has 1 heterocycles. The van der Waals surface area contributed by atoms with E-state index in [2.05, 4.69) is 43.0 Å². The van der Waals surface area contributed by atoms with E-state index in [4.69, 9.17) is 11.6 Å². The van der Waals surface area contributed by atoms with Gasteiger partial charge in [0.05, 0.1) is 0 Å². The number of nitrogens with one attached hydrogen (secondary N) is 1. The number of aromatic nitrogens is 2. The summed E-state index contributed by atoms with van der Waals surface area (Å²) < 4.78 is 0. The van der Waals surface area contributed by atoms with Crippen molar-refractivity contribution in [1.29, 1.82) is 0 Å². The molecule has 0 amide bonds. The molecule has 0 aromatic carbocycles. The van der Waals surface area contributed by atoms with E-state index >= 15 is 0 Å². The largest absolute Gasteiger partial charge is 0.370 e. The molecule has 1 fully saturated rings. The second kappa shape index (κ2) is 3.59. The Labute approximate surface area is 102 Å². The van der Waals surface area contributed by atoms with Crippen LogP contribution in [-0.2, 0) is 0 Å². The van der Waals surface area contributed by atoms with E-state index in [9.17, 15) is 0 Å². The molecule has 16 heavy (non-hydrogen) atoms. The predicted molar refractivity (Wildman–Crippen MR) is 66.6 cm³/mol. The van der Waals surface area contributed by atoms with Crippen LogP contribution in [0.5, 0.6) is 0 Å². The van der Waals surface area contributed by atoms with Gasteiger partial charge < -0.3 is 5.32 Å². The van der Waals surface area contributed by atoms with E-state index in [1.807, 2.05) is 0 Å². The molecule has 1 aliphatic rings. The Morgan fingerprint density at radius 1 is 1.25 bits per heavy atom. The van der Waals surface area contributed by atoms with Gasteiger partial charge in [-0.25, -0.2) is 9.97 Å². The predicted octanol–water partition coefficient (Wildman–Crippen LogP) is 3.22. The first-order chi connectivity index (χ1) is 7.35. The lowest BCUT2D eigenvalue weighted by molar-refractivity contribution is 0.457. The van der Waals surface area contributed by atoms with Gasteiger partial charge in [-0.05, 0) is 16.7 Å². The van der Waals surface area contributed by atoms with Crippen LogP contribution >= 0.6 is 11.6 Å². The van der Waals surface area contributed by atoms with Gasteiger partial charge >= 0.3 is 0 Å². The van der Waals surface area contributed by atoms with Crippen molar-refractivity contribution in [3.05, 3.63) is 17.5 Å². The van der Waals surface area contributed by atoms with Crippen LogP contribution in [0.25, 0.3) is 0 Å². The Balaban J connectivity index is 1.95. The molecule has 0 spiro atoms. The molecule has 1 N–H and O–H groups in total. The van der Waals surface area contributed by atoms with Crippen molar-refractivity contribution >= 4 is 17.4 Å². The fourth-order valence-electron chi connectivity index (χ4n) is 2.48. The molecule has 1 aromatic rings. The third-order valence-corrected chi connectivity index (χ3v) is 4.65. The molecule has 1 aliphatic carbocycles. The number of anilines is 1. The van der Waals surface area contributed by atoms with E-state index < -0.39 is 0 Å². The Kier molecular flexibility index (Phi) is 2.61. The van der Waals surface area contributed by atoms with E-state index in [-0.39, 0.29) is 0 Å². The maximum absolute atomic E-state index is 5.80. The van der Waals surface area contributed by atoms with Crippen molar-refractivity contribution < 1.29 is 0 Å². The summed E-state index contributed by atoms with van der Waals surface area (Å²) in [4.78, 5) is 7.98. The number of hydrogen-bond donors (Lipinski definition) is 1. The van der Waals surface area contributed by atoms with Gasteiger partial charge in [-0.15, -0.1) is 0 Å². The number of hydrogen-bond acceptors (Lipinski definition) is 3. The van der Waals surface area contributed by atoms with E-state index in [1.165, 1.54) is 6.33 Å². The Bertz CT molecular complexity index is 387. The number of rotatable bonds is 3. The maximum Gasteiger partial charge on any atom is 0.134 e. The fourth-order valence-corrected chi connectivity index (χ4v) is 2.63. The first-order valence-corrected chi connectivity index (χ1v) is 5.95. The molecule has 4 heteroatoms. The molecule has 3 nitrogen and oxygen atoms in total. The van der Waals surface area contributed by atoms with Crippen LogP contribution in [-0.4, -0.2) is 16.5 Å². The second-order valence-corrected chi connectivity index (χ2v) is 5.99. The molecule has 0 atom stereocenters. The Hall–Kier alpha value is -0.830. The highest BCUT2D eigenvalue weighted by atomic mass is 35.5. The summed E-state index contributed by atoms with van der Waals surface area (Å²) in [6.45, 7) is 10.2. The molecular weight excluding hydrogens is 222 g/mol. The van der Waals surface area contributed by atoms with Crippen LogP contribution in [0, 0.1) is 16.7 Å². The zero-order chi connectivity index (χ0) is 12.0. The van der Waals surface area contributed by atoms with Crippen molar-refractivity contribution in [2.45, 2.75) is 27.7 Å². The lowest BCUT2D eigenvalue weighted by atomic mass is 10.0. The minimum Gasteiger partial charge on any atom is -0.370 e. The molecule has 88 valence electrons. The fraction of sp³-hybridized carbons (Fsp3) is 0.667. The second-order valence-electron chi connectivity index (χ2n) is 5.60. The van der Waals surface area contributed by atoms with Gasteiger partial charge in [0.2, 0.25) is 0 Å². The van der Waals surface area contributed by atoms with Gasteiger partial charge in [-0.3, -0.25) is 0 Å². The SMILES string of the molecule is CC1(C)C(CNc2cc(Cl)ncn2)C1(C)C. The molecule has 0 unspecified atom stereocenters. The highest BCUT2D eigenvalue weighted by Crippen LogP contribution is 2.68. The van der Waals surface area contributed by atoms with Gasteiger partial charge in [-0.2, -0.15) is 0 Å². The van der Waals surface area contributed by atoms with Gasteiger partial charge in [0.15, 0.2) is 0 Å². The van der Waals surface area contributed by atoms with Gasteiger partial charge in [0.25, 0.3) is 0 Å². The number of halogens is 1. The molecule has 0 radical (unpaired) electrons. The van der Waals surface area contributed by atoms with Crippen LogP contribution in [0.2, 0.25) is 5.15 Å². The smallest absolute Gasteiger partial charge is 0.134 e. The minimum atomic E-state index is 0.400. The molecule has 2 rings (SSSR count). The monoisotopic (exact) mass is 239 g/mol. The summed E-state index contributed by atoms with van der Waals surface area (Å²) in [5.41, 5.74) is 0.799. The molecule has 0 bridgehead atoms. The van der Waals surface area contributed by atoms with Crippen LogP contribution in [0.3, 0.4) is 0 Å². The first-order valence-electron chi connectivity index (χ1n) is 5.57. The average Bonchev–Trinajstić information content (AvgIpc) is 2.55. The highest BCUT2D eigenvalue weighted by molar-refractivity contribution is 6.29. The summed E-state index contributed by atoms with van der Waals surface area (Å²) in [6.07, 6.45) is 1.48. The normalized spacial score (nSPS) is 21.8. The van der Waals surface area contributed by atoms with Crippen molar-refractivity contribution in [3.8, 4) is 0 Å². The molecule has 0 aliphatic heterocycles. The van der Waals surface area contributed by atoms with Crippen LogP contribution in [0.4, 0.5) is 5.82 Å². The number of nitrogens with zero attached hydrogens (tertiary/aromatic N) is 2. The third kappa shape index (κ3) is 1.77. The maximum atomic E-state index is 5.80. The zero-order valence-electron chi connectivity index (χ0n) is 10.2. The van der Waals surface area contributed by atoms with E-state index in [0.29, 0.717) is 21.9 Å². The summed E-state index contributed by atoms with van der Waals surface area (Å²) in [5, 5.41) is 3.80. The summed E-state index contributed by atoms with van der Waals surface area (Å²) in [7, 11) is 0. The molecule has 0 saturated heterocycles. The van der Waals surface area contributed by atoms with Crippen molar-refractivity contribution in [1.82, 2.24) is 9.97 Å². The van der Waals surface area contributed by atoms with Crippen molar-refractivity contribution in [3.63, 3.8) is 0 Å². The van der Waals surface area contributed by atoms with Gasteiger partial charge in [0, 0.05) is 12.6 Å². The molecular formula is C12H18ClN3. The summed E-state index contributed by atoms with van der Waals surface area (Å²) in [5.74, 6) is 1.48. The van der Waals surface area contributed by atoms with Crippen LogP contribution in [0.1, 0.15) is 27.7 Å². The lowest BCUT2D eigenvalue weighted by Crippen LogP contribution is -2.09. The topological polar surface area (TPSA) is 37.8 Å². The average molecular weight is 240 g/mol. The lowest BCUT2D eigenvalue weighted by Gasteiger charge is -2.06. The highest BCUT2D eigenvalue weighted by Gasteiger charge is 2.64. The van der Waals surface area contributed by atoms with Crippen molar-refractivity contribution in [2.75, 3.05) is 11.9 Å². The van der Waals surface area contributed by atoms with Crippen LogP contribution in [0.15, 0.2) is 12.4 Å². The van der Waals surface area contributed by atoms with Gasteiger partial charge in [-0.1, -0.05) is 39.3 Å². The minimum absolute atomic E-state index is 0.400. The quantitative estimate of drug-likeness (QED) is 0.823. The Morgan fingerprint density at radius 2 is 1.88 bits per heavy atom. The Morgan fingerprint density at radius 3 is 2.38 bits per heavy atom.